The van der Waals surface area contributed by atoms with Crippen molar-refractivity contribution in [1.29, 1.82) is 0 Å². The molecule has 134 valence electrons. The molecule has 0 unspecified atom stereocenters. The molecule has 0 amide bonds. The first-order chi connectivity index (χ1) is 11.9. The van der Waals surface area contributed by atoms with E-state index < -0.39 is 10.0 Å². The van der Waals surface area contributed by atoms with Gasteiger partial charge in [0, 0.05) is 31.9 Å². The van der Waals surface area contributed by atoms with Gasteiger partial charge in [0.2, 0.25) is 0 Å². The quantitative estimate of drug-likeness (QED) is 0.810. The molecule has 1 aromatic carbocycles. The highest BCUT2D eigenvalue weighted by molar-refractivity contribution is 7.91. The third-order valence-electron chi connectivity index (χ3n) is 4.25. The highest BCUT2D eigenvalue weighted by atomic mass is 32.2. The van der Waals surface area contributed by atoms with Crippen molar-refractivity contribution < 1.29 is 8.42 Å². The van der Waals surface area contributed by atoms with Gasteiger partial charge in [-0.25, -0.2) is 8.42 Å². The van der Waals surface area contributed by atoms with Crippen LogP contribution in [-0.4, -0.2) is 48.9 Å². The van der Waals surface area contributed by atoms with Gasteiger partial charge in [-0.2, -0.15) is 4.31 Å². The van der Waals surface area contributed by atoms with Gasteiger partial charge in [0.05, 0.1) is 0 Å². The smallest absolute Gasteiger partial charge is 0.252 e. The normalized spacial score (nSPS) is 16.0. The standard InChI is InChI=1S/C17H21N3O2S3/c1-13-5-6-14(2)15(12-13)18-17(23)19-7-9-20(10-8-19)25(21,22)16-4-3-11-24-16/h3-6,11-12H,7-10H2,1-2H3,(H,18,23). The molecule has 0 saturated carbocycles. The van der Waals surface area contributed by atoms with Crippen LogP contribution in [0, 0.1) is 13.8 Å². The highest BCUT2D eigenvalue weighted by Gasteiger charge is 2.29. The fraction of sp³-hybridized carbons (Fsp3) is 0.353. The predicted molar refractivity (Wildman–Crippen MR) is 107 cm³/mol. The molecule has 25 heavy (non-hydrogen) atoms. The molecule has 0 aliphatic carbocycles. The molecule has 1 aliphatic heterocycles. The van der Waals surface area contributed by atoms with Crippen molar-refractivity contribution in [2.75, 3.05) is 31.5 Å². The van der Waals surface area contributed by atoms with Gasteiger partial charge in [-0.1, -0.05) is 18.2 Å². The fourth-order valence-electron chi connectivity index (χ4n) is 2.73. The summed E-state index contributed by atoms with van der Waals surface area (Å²) in [7, 11) is -3.38. The van der Waals surface area contributed by atoms with Crippen LogP contribution in [0.25, 0.3) is 0 Å². The number of thiophene rings is 1. The lowest BCUT2D eigenvalue weighted by Crippen LogP contribution is -2.51. The van der Waals surface area contributed by atoms with Gasteiger partial charge in [-0.15, -0.1) is 11.3 Å². The lowest BCUT2D eigenvalue weighted by Gasteiger charge is -2.35. The molecule has 0 atom stereocenters. The molecular formula is C17H21N3O2S3. The molecular weight excluding hydrogens is 374 g/mol. The Labute approximate surface area is 158 Å². The molecule has 1 aromatic heterocycles. The molecule has 1 N–H and O–H groups in total. The first kappa shape index (κ1) is 18.3. The maximum Gasteiger partial charge on any atom is 0.252 e. The van der Waals surface area contributed by atoms with Crippen molar-refractivity contribution >= 4 is 44.4 Å². The van der Waals surface area contributed by atoms with Gasteiger partial charge >= 0.3 is 0 Å². The van der Waals surface area contributed by atoms with Gasteiger partial charge < -0.3 is 10.2 Å². The zero-order chi connectivity index (χ0) is 18.0. The zero-order valence-electron chi connectivity index (χ0n) is 14.2. The predicted octanol–water partition coefficient (Wildman–Crippen LogP) is 3.07. The Morgan fingerprint density at radius 3 is 2.52 bits per heavy atom. The minimum absolute atomic E-state index is 0.400. The van der Waals surface area contributed by atoms with E-state index in [1.807, 2.05) is 18.7 Å². The van der Waals surface area contributed by atoms with Crippen LogP contribution in [0.5, 0.6) is 0 Å². The first-order valence-electron chi connectivity index (χ1n) is 8.05. The Hall–Kier alpha value is -1.48. The van der Waals surface area contributed by atoms with E-state index >= 15 is 0 Å². The second-order valence-corrected chi connectivity index (χ2v) is 9.57. The SMILES string of the molecule is Cc1ccc(C)c(NC(=S)N2CCN(S(=O)(=O)c3cccs3)CC2)c1. The van der Waals surface area contributed by atoms with Crippen LogP contribution in [0.3, 0.4) is 0 Å². The van der Waals surface area contributed by atoms with Gasteiger partial charge in [-0.3, -0.25) is 0 Å². The number of thiocarbonyl (C=S) groups is 1. The van der Waals surface area contributed by atoms with Crippen LogP contribution < -0.4 is 5.32 Å². The van der Waals surface area contributed by atoms with Crippen molar-refractivity contribution in [3.8, 4) is 0 Å². The second kappa shape index (κ2) is 7.41. The summed E-state index contributed by atoms with van der Waals surface area (Å²) in [5.74, 6) is 0. The molecule has 1 saturated heterocycles. The van der Waals surface area contributed by atoms with Crippen molar-refractivity contribution in [2.24, 2.45) is 0 Å². The van der Waals surface area contributed by atoms with Crippen LogP contribution in [-0.2, 0) is 10.0 Å². The Bertz CT molecular complexity index is 855. The number of anilines is 1. The summed E-state index contributed by atoms with van der Waals surface area (Å²) in [6.45, 7) is 6.13. The third-order valence-corrected chi connectivity index (χ3v) is 7.88. The van der Waals surface area contributed by atoms with Crippen molar-refractivity contribution in [1.82, 2.24) is 9.21 Å². The third kappa shape index (κ3) is 4.03. The summed E-state index contributed by atoms with van der Waals surface area (Å²) in [5.41, 5.74) is 3.30. The first-order valence-corrected chi connectivity index (χ1v) is 10.8. The molecule has 3 rings (SSSR count). The van der Waals surface area contributed by atoms with E-state index in [1.165, 1.54) is 21.2 Å². The Kier molecular flexibility index (Phi) is 5.43. The minimum Gasteiger partial charge on any atom is -0.346 e. The number of piperazine rings is 1. The van der Waals surface area contributed by atoms with E-state index in [1.54, 1.807) is 17.5 Å². The fourth-order valence-corrected chi connectivity index (χ4v) is 5.59. The lowest BCUT2D eigenvalue weighted by molar-refractivity contribution is 0.269. The van der Waals surface area contributed by atoms with E-state index in [0.29, 0.717) is 35.5 Å². The molecule has 0 radical (unpaired) electrons. The van der Waals surface area contributed by atoms with Gasteiger partial charge in [-0.05, 0) is 54.7 Å². The maximum atomic E-state index is 12.6. The topological polar surface area (TPSA) is 52.6 Å². The highest BCUT2D eigenvalue weighted by Crippen LogP contribution is 2.22. The largest absolute Gasteiger partial charge is 0.346 e. The van der Waals surface area contributed by atoms with Crippen LogP contribution in [0.15, 0.2) is 39.9 Å². The number of hydrogen-bond donors (Lipinski definition) is 1. The van der Waals surface area contributed by atoms with E-state index in [0.717, 1.165) is 11.3 Å². The van der Waals surface area contributed by atoms with Crippen molar-refractivity contribution in [3.63, 3.8) is 0 Å². The molecule has 5 nitrogen and oxygen atoms in total. The summed E-state index contributed by atoms with van der Waals surface area (Å²) < 4.78 is 27.1. The van der Waals surface area contributed by atoms with Crippen LogP contribution >= 0.6 is 23.6 Å². The van der Waals surface area contributed by atoms with Gasteiger partial charge in [0.15, 0.2) is 5.11 Å². The monoisotopic (exact) mass is 395 g/mol. The summed E-state index contributed by atoms with van der Waals surface area (Å²) >= 11 is 6.77. The summed E-state index contributed by atoms with van der Waals surface area (Å²) in [4.78, 5) is 2.03. The number of hydrogen-bond acceptors (Lipinski definition) is 4. The molecule has 0 spiro atoms. The Morgan fingerprint density at radius 2 is 1.88 bits per heavy atom. The summed E-state index contributed by atoms with van der Waals surface area (Å²) in [6.07, 6.45) is 0. The van der Waals surface area contributed by atoms with Crippen LogP contribution in [0.1, 0.15) is 11.1 Å². The van der Waals surface area contributed by atoms with Crippen LogP contribution in [0.2, 0.25) is 0 Å². The van der Waals surface area contributed by atoms with Gasteiger partial charge in [0.1, 0.15) is 4.21 Å². The average molecular weight is 396 g/mol. The van der Waals surface area contributed by atoms with E-state index in [-0.39, 0.29) is 0 Å². The average Bonchev–Trinajstić information content (AvgIpc) is 3.13. The Balaban J connectivity index is 1.62. The molecule has 2 heterocycles. The molecule has 0 bridgehead atoms. The molecule has 1 aliphatic rings. The molecule has 2 aromatic rings. The second-order valence-electron chi connectivity index (χ2n) is 6.07. The number of aryl methyl sites for hydroxylation is 2. The summed E-state index contributed by atoms with van der Waals surface area (Å²) in [5, 5.41) is 5.72. The summed E-state index contributed by atoms with van der Waals surface area (Å²) in [6, 6.07) is 9.61. The van der Waals surface area contributed by atoms with E-state index in [2.05, 4.69) is 23.5 Å². The molecule has 8 heteroatoms. The van der Waals surface area contributed by atoms with Gasteiger partial charge in [0.25, 0.3) is 10.0 Å². The van der Waals surface area contributed by atoms with Crippen molar-refractivity contribution in [3.05, 3.63) is 46.8 Å². The van der Waals surface area contributed by atoms with E-state index in [4.69, 9.17) is 12.2 Å². The van der Waals surface area contributed by atoms with E-state index in [9.17, 15) is 8.42 Å². The Morgan fingerprint density at radius 1 is 1.16 bits per heavy atom. The maximum absolute atomic E-state index is 12.6. The molecule has 1 fully saturated rings. The lowest BCUT2D eigenvalue weighted by atomic mass is 10.1. The van der Waals surface area contributed by atoms with Crippen LogP contribution in [0.4, 0.5) is 5.69 Å². The number of rotatable bonds is 3. The number of nitrogens with zero attached hydrogens (tertiary/aromatic N) is 2. The van der Waals surface area contributed by atoms with Crippen molar-refractivity contribution in [2.45, 2.75) is 18.1 Å². The zero-order valence-corrected chi connectivity index (χ0v) is 16.7. The number of sulfonamides is 1. The minimum atomic E-state index is -3.38. The number of benzene rings is 1. The number of nitrogens with one attached hydrogen (secondary N) is 1.